The molecule has 0 bridgehead atoms. The summed E-state index contributed by atoms with van der Waals surface area (Å²) in [5, 5.41) is 4.71. The Hall–Kier alpha value is -2.65. The van der Waals surface area contributed by atoms with E-state index in [1.807, 2.05) is 73.7 Å². The molecular weight excluding hydrogens is 320 g/mol. The highest BCUT2D eigenvalue weighted by Gasteiger charge is 2.01. The van der Waals surface area contributed by atoms with E-state index in [9.17, 15) is 4.79 Å². The van der Waals surface area contributed by atoms with Gasteiger partial charge in [-0.05, 0) is 36.3 Å². The van der Waals surface area contributed by atoms with Crippen LogP contribution >= 0.6 is 11.6 Å². The van der Waals surface area contributed by atoms with Crippen LogP contribution in [0.1, 0.15) is 18.1 Å². The van der Waals surface area contributed by atoms with Gasteiger partial charge in [0.2, 0.25) is 5.91 Å². The van der Waals surface area contributed by atoms with E-state index in [0.29, 0.717) is 5.02 Å². The normalized spacial score (nSPS) is 12.0. The molecule has 0 fully saturated rings. The number of hydrogen-bond donors (Lipinski definition) is 1. The van der Waals surface area contributed by atoms with Gasteiger partial charge in [0.1, 0.15) is 0 Å². The lowest BCUT2D eigenvalue weighted by molar-refractivity contribution is -0.120. The number of carbonyl (C=O) groups is 1. The van der Waals surface area contributed by atoms with Crippen molar-refractivity contribution in [3.63, 3.8) is 0 Å². The van der Waals surface area contributed by atoms with Crippen molar-refractivity contribution in [2.24, 2.45) is 5.10 Å². The molecule has 0 atom stereocenters. The summed E-state index contributed by atoms with van der Waals surface area (Å²) in [7, 11) is 0. The lowest BCUT2D eigenvalue weighted by atomic mass is 10.1. The fraction of sp³-hybridized carbons (Fsp3) is 0.100. The van der Waals surface area contributed by atoms with Crippen LogP contribution in [0.5, 0.6) is 0 Å². The van der Waals surface area contributed by atoms with Crippen LogP contribution in [-0.2, 0) is 11.2 Å². The Bertz CT molecular complexity index is 747. The minimum absolute atomic E-state index is 0.162. The second kappa shape index (κ2) is 9.48. The molecule has 0 saturated heterocycles. The Morgan fingerprint density at radius 2 is 1.79 bits per heavy atom. The van der Waals surface area contributed by atoms with Gasteiger partial charge in [0.15, 0.2) is 0 Å². The first-order valence-electron chi connectivity index (χ1n) is 7.61. The molecule has 0 unspecified atom stereocenters. The van der Waals surface area contributed by atoms with E-state index in [2.05, 4.69) is 10.5 Å². The van der Waals surface area contributed by atoms with E-state index in [-0.39, 0.29) is 12.3 Å². The number of hydrazone groups is 1. The van der Waals surface area contributed by atoms with Gasteiger partial charge >= 0.3 is 0 Å². The highest BCUT2D eigenvalue weighted by atomic mass is 35.5. The molecule has 0 aromatic heterocycles. The van der Waals surface area contributed by atoms with E-state index in [1.165, 1.54) is 0 Å². The molecule has 0 saturated carbocycles. The van der Waals surface area contributed by atoms with Crippen molar-refractivity contribution in [2.75, 3.05) is 0 Å². The van der Waals surface area contributed by atoms with Gasteiger partial charge in [0.05, 0.1) is 12.1 Å². The third kappa shape index (κ3) is 6.63. The van der Waals surface area contributed by atoms with Crippen LogP contribution in [0.3, 0.4) is 0 Å². The first-order valence-corrected chi connectivity index (χ1v) is 7.98. The Kier molecular flexibility index (Phi) is 6.99. The van der Waals surface area contributed by atoms with Crippen LogP contribution in [-0.4, -0.2) is 11.6 Å². The summed E-state index contributed by atoms with van der Waals surface area (Å²) in [6.45, 7) is 1.83. The Balaban J connectivity index is 1.80. The van der Waals surface area contributed by atoms with Crippen LogP contribution < -0.4 is 5.43 Å². The summed E-state index contributed by atoms with van der Waals surface area (Å²) in [5.41, 5.74) is 5.29. The third-order valence-corrected chi connectivity index (χ3v) is 3.42. The number of hydrogen-bond acceptors (Lipinski definition) is 2. The molecule has 4 heteroatoms. The van der Waals surface area contributed by atoms with E-state index in [0.717, 1.165) is 16.8 Å². The number of benzene rings is 2. The predicted molar refractivity (Wildman–Crippen MR) is 101 cm³/mol. The summed E-state index contributed by atoms with van der Waals surface area (Å²) >= 11 is 5.81. The monoisotopic (exact) mass is 338 g/mol. The maximum atomic E-state index is 11.8. The van der Waals surface area contributed by atoms with E-state index < -0.39 is 0 Å². The van der Waals surface area contributed by atoms with Crippen LogP contribution in [0, 0.1) is 0 Å². The molecule has 0 aliphatic rings. The third-order valence-electron chi connectivity index (χ3n) is 3.17. The lowest BCUT2D eigenvalue weighted by Crippen LogP contribution is -2.20. The molecule has 2 rings (SSSR count). The second-order valence-electron chi connectivity index (χ2n) is 5.22. The SMILES string of the molecule is CC(C=CC=Cc1ccccc1)=NNC(=O)Cc1ccc(Cl)cc1. The fourth-order valence-electron chi connectivity index (χ4n) is 1.94. The Morgan fingerprint density at radius 1 is 1.08 bits per heavy atom. The van der Waals surface area contributed by atoms with Gasteiger partial charge < -0.3 is 0 Å². The van der Waals surface area contributed by atoms with Crippen LogP contribution in [0.4, 0.5) is 0 Å². The van der Waals surface area contributed by atoms with Crippen molar-refractivity contribution >= 4 is 29.3 Å². The molecular formula is C20H19ClN2O. The summed E-state index contributed by atoms with van der Waals surface area (Å²) in [6.07, 6.45) is 7.93. The Labute approximate surface area is 147 Å². The zero-order valence-electron chi connectivity index (χ0n) is 13.4. The first kappa shape index (κ1) is 17.7. The van der Waals surface area contributed by atoms with Crippen molar-refractivity contribution in [1.29, 1.82) is 0 Å². The smallest absolute Gasteiger partial charge is 0.244 e. The highest BCUT2D eigenvalue weighted by molar-refractivity contribution is 6.30. The quantitative estimate of drug-likeness (QED) is 0.465. The summed E-state index contributed by atoms with van der Waals surface area (Å²) < 4.78 is 0. The van der Waals surface area contributed by atoms with Crippen molar-refractivity contribution in [1.82, 2.24) is 5.43 Å². The number of halogens is 1. The molecule has 2 aromatic rings. The van der Waals surface area contributed by atoms with Crippen molar-refractivity contribution in [3.05, 3.63) is 89.0 Å². The standard InChI is InChI=1S/C20H19ClN2O/c1-16(7-5-6-10-17-8-3-2-4-9-17)22-23-20(24)15-18-11-13-19(21)14-12-18/h2-14H,15H2,1H3,(H,23,24). The van der Waals surface area contributed by atoms with Crippen LogP contribution in [0.15, 0.2) is 77.9 Å². The Morgan fingerprint density at radius 3 is 2.50 bits per heavy atom. The predicted octanol–water partition coefficient (Wildman–Crippen LogP) is 4.64. The van der Waals surface area contributed by atoms with Crippen molar-refractivity contribution in [2.45, 2.75) is 13.3 Å². The maximum Gasteiger partial charge on any atom is 0.244 e. The van der Waals surface area contributed by atoms with Gasteiger partial charge in [-0.25, -0.2) is 5.43 Å². The van der Waals surface area contributed by atoms with Gasteiger partial charge in [-0.3, -0.25) is 4.79 Å². The molecule has 1 N–H and O–H groups in total. The molecule has 24 heavy (non-hydrogen) atoms. The van der Waals surface area contributed by atoms with Crippen molar-refractivity contribution in [3.8, 4) is 0 Å². The van der Waals surface area contributed by atoms with Crippen molar-refractivity contribution < 1.29 is 4.79 Å². The maximum absolute atomic E-state index is 11.8. The molecule has 122 valence electrons. The van der Waals surface area contributed by atoms with Gasteiger partial charge in [-0.1, -0.05) is 72.3 Å². The summed E-state index contributed by atoms with van der Waals surface area (Å²) in [4.78, 5) is 11.8. The fourth-order valence-corrected chi connectivity index (χ4v) is 2.07. The number of allylic oxidation sites excluding steroid dienone is 3. The molecule has 0 spiro atoms. The van der Waals surface area contributed by atoms with Gasteiger partial charge in [-0.15, -0.1) is 0 Å². The highest BCUT2D eigenvalue weighted by Crippen LogP contribution is 2.09. The first-order chi connectivity index (χ1) is 11.6. The largest absolute Gasteiger partial charge is 0.273 e. The second-order valence-corrected chi connectivity index (χ2v) is 5.66. The number of nitrogens with zero attached hydrogens (tertiary/aromatic N) is 1. The number of nitrogens with one attached hydrogen (secondary N) is 1. The van der Waals surface area contributed by atoms with Crippen LogP contribution in [0.2, 0.25) is 5.02 Å². The molecule has 0 heterocycles. The number of rotatable bonds is 6. The van der Waals surface area contributed by atoms with Crippen LogP contribution in [0.25, 0.3) is 6.08 Å². The average Bonchev–Trinajstić information content (AvgIpc) is 2.60. The molecule has 2 aromatic carbocycles. The zero-order valence-corrected chi connectivity index (χ0v) is 14.2. The topological polar surface area (TPSA) is 41.5 Å². The molecule has 1 amide bonds. The van der Waals surface area contributed by atoms with E-state index in [1.54, 1.807) is 12.1 Å². The average molecular weight is 339 g/mol. The minimum atomic E-state index is -0.162. The number of amides is 1. The van der Waals surface area contributed by atoms with E-state index in [4.69, 9.17) is 11.6 Å². The molecule has 0 aliphatic carbocycles. The summed E-state index contributed by atoms with van der Waals surface area (Å²) in [6, 6.07) is 17.2. The zero-order chi connectivity index (χ0) is 17.2. The molecule has 0 aliphatic heterocycles. The molecule has 0 radical (unpaired) electrons. The van der Waals surface area contributed by atoms with Gasteiger partial charge in [0, 0.05) is 5.02 Å². The van der Waals surface area contributed by atoms with Gasteiger partial charge in [0.25, 0.3) is 0 Å². The van der Waals surface area contributed by atoms with Gasteiger partial charge in [-0.2, -0.15) is 5.10 Å². The number of carbonyl (C=O) groups excluding carboxylic acids is 1. The lowest BCUT2D eigenvalue weighted by Gasteiger charge is -2.01. The molecule has 3 nitrogen and oxygen atoms in total. The van der Waals surface area contributed by atoms with E-state index >= 15 is 0 Å². The summed E-state index contributed by atoms with van der Waals surface area (Å²) in [5.74, 6) is -0.162. The minimum Gasteiger partial charge on any atom is -0.273 e.